The smallest absolute Gasteiger partial charge is 0.339 e. The molecule has 4 aromatic rings. The van der Waals surface area contributed by atoms with E-state index in [0.29, 0.717) is 5.56 Å². The first-order valence-electron chi connectivity index (χ1n) is 11.9. The Morgan fingerprint density at radius 2 is 1.76 bits per heavy atom. The number of aryl methyl sites for hydroxylation is 1. The highest BCUT2D eigenvalue weighted by Gasteiger charge is 2.20. The molecule has 0 amide bonds. The molecule has 5 heteroatoms. The number of nitrogens with zero attached hydrogens (tertiary/aromatic N) is 2. The predicted octanol–water partition coefficient (Wildman–Crippen LogP) is 6.63. The fourth-order valence-corrected chi connectivity index (χ4v) is 4.12. The van der Waals surface area contributed by atoms with Gasteiger partial charge in [-0.25, -0.2) is 9.78 Å². The van der Waals surface area contributed by atoms with E-state index in [1.165, 1.54) is 5.56 Å². The number of benzene rings is 3. The SMILES string of the molecule is CCCCc1nc2cc(N)ccc2n1Cc1ccc(-c2ccccc2C(=O)OC(C)(C)C)cc1. The third kappa shape index (κ3) is 5.30. The van der Waals surface area contributed by atoms with Crippen LogP contribution in [0.4, 0.5) is 5.69 Å². The lowest BCUT2D eigenvalue weighted by molar-refractivity contribution is 0.00704. The average molecular weight is 456 g/mol. The minimum atomic E-state index is -0.540. The number of unbranched alkanes of at least 4 members (excludes halogenated alkanes) is 1. The van der Waals surface area contributed by atoms with Crippen molar-refractivity contribution >= 4 is 22.7 Å². The van der Waals surface area contributed by atoms with E-state index in [9.17, 15) is 4.79 Å². The molecule has 5 nitrogen and oxygen atoms in total. The van der Waals surface area contributed by atoms with Gasteiger partial charge in [0, 0.05) is 18.7 Å². The molecule has 0 aliphatic rings. The van der Waals surface area contributed by atoms with E-state index < -0.39 is 5.60 Å². The van der Waals surface area contributed by atoms with Gasteiger partial charge in [0.1, 0.15) is 11.4 Å². The standard InChI is InChI=1S/C29H33N3O2/c1-5-6-11-27-31-25-18-22(30)16-17-26(25)32(27)19-20-12-14-21(15-13-20)23-9-7-8-10-24(23)28(33)34-29(2,3)4/h7-10,12-18H,5-6,11,19,30H2,1-4H3. The van der Waals surface area contributed by atoms with Crippen LogP contribution in [0, 0.1) is 0 Å². The summed E-state index contributed by atoms with van der Waals surface area (Å²) in [5.41, 5.74) is 11.8. The van der Waals surface area contributed by atoms with Gasteiger partial charge in [-0.15, -0.1) is 0 Å². The Kier molecular flexibility index (Phi) is 6.73. The number of fused-ring (bicyclic) bond motifs is 1. The van der Waals surface area contributed by atoms with Crippen LogP contribution in [-0.2, 0) is 17.7 Å². The van der Waals surface area contributed by atoms with Crippen molar-refractivity contribution in [2.75, 3.05) is 5.73 Å². The highest BCUT2D eigenvalue weighted by atomic mass is 16.6. The van der Waals surface area contributed by atoms with Gasteiger partial charge in [0.2, 0.25) is 0 Å². The molecule has 0 saturated carbocycles. The summed E-state index contributed by atoms with van der Waals surface area (Å²) in [6.45, 7) is 8.56. The van der Waals surface area contributed by atoms with Crippen LogP contribution in [0.5, 0.6) is 0 Å². The number of ether oxygens (including phenoxy) is 1. The third-order valence-electron chi connectivity index (χ3n) is 5.76. The Hall–Kier alpha value is -3.60. The molecule has 176 valence electrons. The summed E-state index contributed by atoms with van der Waals surface area (Å²) in [5, 5.41) is 0. The van der Waals surface area contributed by atoms with Crippen molar-refractivity contribution < 1.29 is 9.53 Å². The van der Waals surface area contributed by atoms with Crippen LogP contribution in [0.2, 0.25) is 0 Å². The van der Waals surface area contributed by atoms with Gasteiger partial charge in [0.05, 0.1) is 16.6 Å². The van der Waals surface area contributed by atoms with Crippen LogP contribution in [0.15, 0.2) is 66.7 Å². The maximum absolute atomic E-state index is 12.8. The summed E-state index contributed by atoms with van der Waals surface area (Å²) in [4.78, 5) is 17.6. The van der Waals surface area contributed by atoms with Gasteiger partial charge in [-0.3, -0.25) is 0 Å². The molecule has 0 radical (unpaired) electrons. The zero-order valence-electron chi connectivity index (χ0n) is 20.5. The molecule has 1 aromatic heterocycles. The zero-order chi connectivity index (χ0) is 24.3. The number of anilines is 1. The fourth-order valence-electron chi connectivity index (χ4n) is 4.12. The Morgan fingerprint density at radius 1 is 1.03 bits per heavy atom. The van der Waals surface area contributed by atoms with Crippen molar-refractivity contribution in [2.24, 2.45) is 0 Å². The number of nitrogens with two attached hydrogens (primary N) is 1. The number of carbonyl (C=O) groups excluding carboxylic acids is 1. The second kappa shape index (κ2) is 9.72. The Balaban J connectivity index is 1.63. The molecule has 0 fully saturated rings. The van der Waals surface area contributed by atoms with Crippen molar-refractivity contribution in [1.82, 2.24) is 9.55 Å². The van der Waals surface area contributed by atoms with Gasteiger partial charge in [-0.2, -0.15) is 0 Å². The molecule has 3 aromatic carbocycles. The summed E-state index contributed by atoms with van der Waals surface area (Å²) >= 11 is 0. The van der Waals surface area contributed by atoms with Crippen LogP contribution in [-0.4, -0.2) is 21.1 Å². The van der Waals surface area contributed by atoms with E-state index in [1.807, 2.05) is 57.2 Å². The average Bonchev–Trinajstić information content (AvgIpc) is 3.13. The van der Waals surface area contributed by atoms with E-state index in [-0.39, 0.29) is 5.97 Å². The van der Waals surface area contributed by atoms with Gasteiger partial charge >= 0.3 is 5.97 Å². The van der Waals surface area contributed by atoms with E-state index in [2.05, 4.69) is 41.8 Å². The molecule has 0 saturated heterocycles. The first-order valence-corrected chi connectivity index (χ1v) is 11.9. The summed E-state index contributed by atoms with van der Waals surface area (Å²) in [5.74, 6) is 0.777. The van der Waals surface area contributed by atoms with Gasteiger partial charge in [0.15, 0.2) is 0 Å². The maximum atomic E-state index is 12.8. The van der Waals surface area contributed by atoms with E-state index >= 15 is 0 Å². The Bertz CT molecular complexity index is 1300. The van der Waals surface area contributed by atoms with Crippen LogP contribution < -0.4 is 5.73 Å². The van der Waals surface area contributed by atoms with Crippen LogP contribution in [0.3, 0.4) is 0 Å². The van der Waals surface area contributed by atoms with E-state index in [0.717, 1.165) is 59.5 Å². The molecule has 0 aliphatic heterocycles. The number of esters is 1. The molecule has 0 spiro atoms. The monoisotopic (exact) mass is 455 g/mol. The number of nitrogen functional groups attached to an aromatic ring is 1. The number of hydrogen-bond donors (Lipinski definition) is 1. The second-order valence-corrected chi connectivity index (χ2v) is 9.71. The minimum Gasteiger partial charge on any atom is -0.456 e. The largest absolute Gasteiger partial charge is 0.456 e. The maximum Gasteiger partial charge on any atom is 0.339 e. The van der Waals surface area contributed by atoms with Gasteiger partial charge in [-0.05, 0) is 68.1 Å². The van der Waals surface area contributed by atoms with Crippen molar-refractivity contribution in [1.29, 1.82) is 0 Å². The first kappa shape index (κ1) is 23.6. The second-order valence-electron chi connectivity index (χ2n) is 9.71. The van der Waals surface area contributed by atoms with Crippen molar-refractivity contribution in [3.8, 4) is 11.1 Å². The van der Waals surface area contributed by atoms with Crippen LogP contribution in [0.1, 0.15) is 62.3 Å². The topological polar surface area (TPSA) is 70.1 Å². The molecule has 0 unspecified atom stereocenters. The minimum absolute atomic E-state index is 0.308. The van der Waals surface area contributed by atoms with Crippen molar-refractivity contribution in [3.63, 3.8) is 0 Å². The molecule has 0 aliphatic carbocycles. The lowest BCUT2D eigenvalue weighted by Crippen LogP contribution is -2.24. The normalized spacial score (nSPS) is 11.6. The molecule has 2 N–H and O–H groups in total. The Morgan fingerprint density at radius 3 is 2.47 bits per heavy atom. The molecule has 1 heterocycles. The highest BCUT2D eigenvalue weighted by Crippen LogP contribution is 2.27. The van der Waals surface area contributed by atoms with Gasteiger partial charge in [-0.1, -0.05) is 55.8 Å². The van der Waals surface area contributed by atoms with Crippen LogP contribution in [0.25, 0.3) is 22.2 Å². The number of aromatic nitrogens is 2. The molecule has 0 bridgehead atoms. The summed E-state index contributed by atoms with van der Waals surface area (Å²) in [6.07, 6.45) is 3.16. The number of hydrogen-bond acceptors (Lipinski definition) is 4. The summed E-state index contributed by atoms with van der Waals surface area (Å²) in [6, 6.07) is 21.9. The number of carbonyl (C=O) groups is 1. The fraction of sp³-hybridized carbons (Fsp3) is 0.310. The van der Waals surface area contributed by atoms with Crippen LogP contribution >= 0.6 is 0 Å². The molecule has 0 atom stereocenters. The predicted molar refractivity (Wildman–Crippen MR) is 139 cm³/mol. The lowest BCUT2D eigenvalue weighted by atomic mass is 9.98. The van der Waals surface area contributed by atoms with Crippen molar-refractivity contribution in [2.45, 2.75) is 59.1 Å². The number of imidazole rings is 1. The van der Waals surface area contributed by atoms with Crippen molar-refractivity contribution in [3.05, 3.63) is 83.7 Å². The summed E-state index contributed by atoms with van der Waals surface area (Å²) < 4.78 is 7.90. The third-order valence-corrected chi connectivity index (χ3v) is 5.76. The molecular weight excluding hydrogens is 422 g/mol. The summed E-state index contributed by atoms with van der Waals surface area (Å²) in [7, 11) is 0. The highest BCUT2D eigenvalue weighted by molar-refractivity contribution is 5.97. The first-order chi connectivity index (χ1) is 16.2. The molecule has 4 rings (SSSR count). The number of rotatable bonds is 7. The van der Waals surface area contributed by atoms with Gasteiger partial charge in [0.25, 0.3) is 0 Å². The van der Waals surface area contributed by atoms with E-state index in [4.69, 9.17) is 15.5 Å². The molecular formula is C29H33N3O2. The molecule has 34 heavy (non-hydrogen) atoms. The lowest BCUT2D eigenvalue weighted by Gasteiger charge is -2.20. The quantitative estimate of drug-likeness (QED) is 0.251. The van der Waals surface area contributed by atoms with E-state index in [1.54, 1.807) is 0 Å². The van der Waals surface area contributed by atoms with Gasteiger partial charge < -0.3 is 15.0 Å². The Labute approximate surface area is 201 Å². The zero-order valence-corrected chi connectivity index (χ0v) is 20.5.